The number of ether oxygens (including phenoxy) is 1. The molecule has 0 aliphatic rings. The lowest BCUT2D eigenvalue weighted by molar-refractivity contribution is 0.0996. The van der Waals surface area contributed by atoms with E-state index in [0.29, 0.717) is 5.75 Å². The Kier molecular flexibility index (Phi) is 6.16. The van der Waals surface area contributed by atoms with Gasteiger partial charge in [-0.15, -0.1) is 0 Å². The van der Waals surface area contributed by atoms with Crippen molar-refractivity contribution in [3.05, 3.63) is 29.3 Å². The normalized spacial score (nSPS) is 12.9. The molecule has 1 atom stereocenters. The van der Waals surface area contributed by atoms with Crippen LogP contribution in [-0.4, -0.2) is 36.3 Å². The van der Waals surface area contributed by atoms with Crippen LogP contribution in [0.4, 0.5) is 0 Å². The molecule has 0 fully saturated rings. The Morgan fingerprint density at radius 1 is 1.33 bits per heavy atom. The van der Waals surface area contributed by atoms with Gasteiger partial charge >= 0.3 is 0 Å². The van der Waals surface area contributed by atoms with Gasteiger partial charge in [-0.05, 0) is 38.9 Å². The Morgan fingerprint density at radius 2 is 2.06 bits per heavy atom. The quantitative estimate of drug-likeness (QED) is 0.756. The number of rotatable bonds is 7. The number of aryl methyl sites for hydroxylation is 1. The topological polar surface area (TPSA) is 32.7 Å². The van der Waals surface area contributed by atoms with Crippen LogP contribution in [0.3, 0.4) is 0 Å². The molecule has 3 nitrogen and oxygen atoms in total. The van der Waals surface area contributed by atoms with Gasteiger partial charge in [-0.25, -0.2) is 0 Å². The van der Waals surface area contributed by atoms with Crippen molar-refractivity contribution in [2.45, 2.75) is 33.7 Å². The van der Waals surface area contributed by atoms with E-state index in [9.17, 15) is 5.11 Å². The molecule has 0 radical (unpaired) electrons. The fourth-order valence-corrected chi connectivity index (χ4v) is 2.16. The second kappa shape index (κ2) is 7.39. The molecular formula is C15H25NO2. The van der Waals surface area contributed by atoms with Gasteiger partial charge in [-0.3, -0.25) is 4.90 Å². The molecule has 0 heterocycles. The molecular weight excluding hydrogens is 226 g/mol. The average Bonchev–Trinajstić information content (AvgIpc) is 2.34. The molecule has 1 N–H and O–H groups in total. The minimum atomic E-state index is 0.205. The van der Waals surface area contributed by atoms with Gasteiger partial charge in [0.25, 0.3) is 0 Å². The molecule has 0 aliphatic heterocycles. The summed E-state index contributed by atoms with van der Waals surface area (Å²) in [5.74, 6) is 0.386. The molecule has 0 spiro atoms. The smallest absolute Gasteiger partial charge is 0.120 e. The summed E-state index contributed by atoms with van der Waals surface area (Å²) in [5.41, 5.74) is 2.07. The largest absolute Gasteiger partial charge is 0.508 e. The van der Waals surface area contributed by atoms with Crippen LogP contribution in [-0.2, 0) is 4.74 Å². The second-order valence-electron chi connectivity index (χ2n) is 4.56. The lowest BCUT2D eigenvalue weighted by Crippen LogP contribution is -2.30. The summed E-state index contributed by atoms with van der Waals surface area (Å²) in [4.78, 5) is 2.31. The first kappa shape index (κ1) is 15.0. The summed E-state index contributed by atoms with van der Waals surface area (Å²) in [6.07, 6.45) is 0. The van der Waals surface area contributed by atoms with Gasteiger partial charge in [0.2, 0.25) is 0 Å². The zero-order chi connectivity index (χ0) is 13.5. The Hall–Kier alpha value is -1.06. The van der Waals surface area contributed by atoms with Crippen molar-refractivity contribution in [3.8, 4) is 5.75 Å². The maximum atomic E-state index is 10.0. The first-order valence-corrected chi connectivity index (χ1v) is 6.71. The maximum absolute atomic E-state index is 10.0. The van der Waals surface area contributed by atoms with Crippen molar-refractivity contribution in [3.63, 3.8) is 0 Å². The highest BCUT2D eigenvalue weighted by Crippen LogP contribution is 2.28. The van der Waals surface area contributed by atoms with Crippen LogP contribution < -0.4 is 0 Å². The second-order valence-corrected chi connectivity index (χ2v) is 4.56. The summed E-state index contributed by atoms with van der Waals surface area (Å²) in [6, 6.07) is 6.08. The number of hydrogen-bond donors (Lipinski definition) is 1. The predicted molar refractivity (Wildman–Crippen MR) is 75.0 cm³/mol. The molecule has 0 saturated carbocycles. The first-order valence-electron chi connectivity index (χ1n) is 6.71. The molecule has 0 saturated heterocycles. The predicted octanol–water partition coefficient (Wildman–Crippen LogP) is 3.12. The summed E-state index contributed by atoms with van der Waals surface area (Å²) < 4.78 is 5.40. The van der Waals surface area contributed by atoms with E-state index in [1.54, 1.807) is 0 Å². The van der Waals surface area contributed by atoms with Crippen LogP contribution in [0.2, 0.25) is 0 Å². The Morgan fingerprint density at radius 3 is 2.61 bits per heavy atom. The van der Waals surface area contributed by atoms with Crippen molar-refractivity contribution in [1.29, 1.82) is 0 Å². The van der Waals surface area contributed by atoms with Gasteiger partial charge in [-0.1, -0.05) is 19.1 Å². The summed E-state index contributed by atoms with van der Waals surface area (Å²) in [7, 11) is 0. The number of phenols is 1. The van der Waals surface area contributed by atoms with Gasteiger partial charge < -0.3 is 9.84 Å². The number of aromatic hydroxyl groups is 1. The summed E-state index contributed by atoms with van der Waals surface area (Å²) in [6.45, 7) is 11.6. The standard InChI is InChI=1S/C15H25NO2/c1-5-16(9-10-18-6-2)13(4)14-8-7-12(3)11-15(14)17/h7-8,11,13,17H,5-6,9-10H2,1-4H3. The van der Waals surface area contributed by atoms with Crippen LogP contribution in [0.5, 0.6) is 5.75 Å². The van der Waals surface area contributed by atoms with Gasteiger partial charge in [0.15, 0.2) is 0 Å². The molecule has 1 aromatic rings. The van der Waals surface area contributed by atoms with Gasteiger partial charge in [-0.2, -0.15) is 0 Å². The lowest BCUT2D eigenvalue weighted by atomic mass is 10.0. The molecule has 18 heavy (non-hydrogen) atoms. The number of likely N-dealkylation sites (N-methyl/N-ethyl adjacent to an activating group) is 1. The zero-order valence-corrected chi connectivity index (χ0v) is 11.9. The zero-order valence-electron chi connectivity index (χ0n) is 11.9. The van der Waals surface area contributed by atoms with E-state index in [2.05, 4.69) is 18.7 Å². The van der Waals surface area contributed by atoms with Gasteiger partial charge in [0.05, 0.1) is 6.61 Å². The number of benzene rings is 1. The molecule has 3 heteroatoms. The van der Waals surface area contributed by atoms with Crippen molar-refractivity contribution in [2.75, 3.05) is 26.3 Å². The average molecular weight is 251 g/mol. The molecule has 0 aliphatic carbocycles. The highest BCUT2D eigenvalue weighted by Gasteiger charge is 2.16. The molecule has 0 aromatic heterocycles. The van der Waals surface area contributed by atoms with Crippen LogP contribution in [0.1, 0.15) is 37.9 Å². The third kappa shape index (κ3) is 4.00. The van der Waals surface area contributed by atoms with Crippen LogP contribution in [0.25, 0.3) is 0 Å². The van der Waals surface area contributed by atoms with Crippen molar-refractivity contribution < 1.29 is 9.84 Å². The van der Waals surface area contributed by atoms with Gasteiger partial charge in [0, 0.05) is 24.8 Å². The van der Waals surface area contributed by atoms with Crippen molar-refractivity contribution in [1.82, 2.24) is 4.90 Å². The van der Waals surface area contributed by atoms with E-state index in [4.69, 9.17) is 4.74 Å². The van der Waals surface area contributed by atoms with Crippen LogP contribution in [0.15, 0.2) is 18.2 Å². The van der Waals surface area contributed by atoms with E-state index in [1.807, 2.05) is 32.0 Å². The fraction of sp³-hybridized carbons (Fsp3) is 0.600. The highest BCUT2D eigenvalue weighted by atomic mass is 16.5. The summed E-state index contributed by atoms with van der Waals surface area (Å²) in [5, 5.41) is 10.0. The van der Waals surface area contributed by atoms with Crippen LogP contribution in [0, 0.1) is 6.92 Å². The minimum Gasteiger partial charge on any atom is -0.508 e. The minimum absolute atomic E-state index is 0.205. The molecule has 1 aromatic carbocycles. The molecule has 1 unspecified atom stereocenters. The Bertz CT molecular complexity index is 366. The fourth-order valence-electron chi connectivity index (χ4n) is 2.16. The van der Waals surface area contributed by atoms with E-state index >= 15 is 0 Å². The Labute approximate surface area is 110 Å². The third-order valence-electron chi connectivity index (χ3n) is 3.32. The van der Waals surface area contributed by atoms with E-state index in [-0.39, 0.29) is 6.04 Å². The van der Waals surface area contributed by atoms with E-state index < -0.39 is 0 Å². The van der Waals surface area contributed by atoms with Crippen LogP contribution >= 0.6 is 0 Å². The number of nitrogens with zero attached hydrogens (tertiary/aromatic N) is 1. The molecule has 0 bridgehead atoms. The van der Waals surface area contributed by atoms with Crippen molar-refractivity contribution >= 4 is 0 Å². The molecule has 0 amide bonds. The Balaban J connectivity index is 2.73. The number of hydrogen-bond acceptors (Lipinski definition) is 3. The first-order chi connectivity index (χ1) is 8.60. The van der Waals surface area contributed by atoms with E-state index in [0.717, 1.165) is 37.4 Å². The van der Waals surface area contributed by atoms with E-state index in [1.165, 1.54) is 0 Å². The number of phenolic OH excluding ortho intramolecular Hbond substituents is 1. The highest BCUT2D eigenvalue weighted by molar-refractivity contribution is 5.37. The monoisotopic (exact) mass is 251 g/mol. The molecule has 1 rings (SSSR count). The van der Waals surface area contributed by atoms with Gasteiger partial charge in [0.1, 0.15) is 5.75 Å². The molecule has 102 valence electrons. The summed E-state index contributed by atoms with van der Waals surface area (Å²) >= 11 is 0. The maximum Gasteiger partial charge on any atom is 0.120 e. The SMILES string of the molecule is CCOCCN(CC)C(C)c1ccc(C)cc1O. The third-order valence-corrected chi connectivity index (χ3v) is 3.32. The van der Waals surface area contributed by atoms with Crippen molar-refractivity contribution in [2.24, 2.45) is 0 Å². The lowest BCUT2D eigenvalue weighted by Gasteiger charge is -2.28.